The minimum Gasteiger partial charge on any atom is -0.462 e. The molecule has 0 spiro atoms. The highest BCUT2D eigenvalue weighted by Crippen LogP contribution is 2.13. The van der Waals surface area contributed by atoms with Crippen molar-refractivity contribution < 1.29 is 28.6 Å². The number of carbonyl (C=O) groups excluding carboxylic acids is 3. The first-order chi connectivity index (χ1) is 35.0. The molecule has 0 bridgehead atoms. The number of hydrogen-bond acceptors (Lipinski definition) is 6. The highest BCUT2D eigenvalue weighted by molar-refractivity contribution is 5.71. The number of unbranched alkanes of at least 4 members (excludes halogenated alkanes) is 14. The van der Waals surface area contributed by atoms with Crippen molar-refractivity contribution in [3.05, 3.63) is 146 Å². The Morgan fingerprint density at radius 3 is 0.859 bits per heavy atom. The second-order valence-corrected chi connectivity index (χ2v) is 18.1. The van der Waals surface area contributed by atoms with Gasteiger partial charge in [-0.25, -0.2) is 0 Å². The minimum absolute atomic E-state index is 0.0999. The monoisotopic (exact) mass is 979 g/mol. The number of carbonyl (C=O) groups is 3. The summed E-state index contributed by atoms with van der Waals surface area (Å²) < 4.78 is 16.7. The molecule has 0 aromatic heterocycles. The van der Waals surface area contributed by atoms with Gasteiger partial charge in [0.25, 0.3) is 0 Å². The molecule has 0 aliphatic rings. The van der Waals surface area contributed by atoms with Gasteiger partial charge < -0.3 is 14.2 Å². The molecule has 1 atom stereocenters. The summed E-state index contributed by atoms with van der Waals surface area (Å²) in [5.41, 5.74) is 0. The Morgan fingerprint density at radius 1 is 0.296 bits per heavy atom. The number of rotatable bonds is 49. The van der Waals surface area contributed by atoms with Crippen LogP contribution in [0.5, 0.6) is 0 Å². The largest absolute Gasteiger partial charge is 0.462 e. The number of ether oxygens (including phenoxy) is 3. The molecule has 0 radical (unpaired) electrons. The molecule has 0 saturated heterocycles. The van der Waals surface area contributed by atoms with E-state index in [4.69, 9.17) is 14.2 Å². The van der Waals surface area contributed by atoms with E-state index >= 15 is 0 Å². The summed E-state index contributed by atoms with van der Waals surface area (Å²) in [5, 5.41) is 0. The van der Waals surface area contributed by atoms with Crippen molar-refractivity contribution in [1.29, 1.82) is 0 Å². The second kappa shape index (κ2) is 57.9. The van der Waals surface area contributed by atoms with E-state index in [2.05, 4.69) is 167 Å². The van der Waals surface area contributed by atoms with E-state index in [0.29, 0.717) is 12.8 Å². The lowest BCUT2D eigenvalue weighted by atomic mass is 10.1. The molecule has 0 amide bonds. The van der Waals surface area contributed by atoms with E-state index < -0.39 is 6.10 Å². The second-order valence-electron chi connectivity index (χ2n) is 18.1. The van der Waals surface area contributed by atoms with Crippen molar-refractivity contribution in [2.24, 2.45) is 0 Å². The Kier molecular flexibility index (Phi) is 54.0. The van der Waals surface area contributed by atoms with Crippen LogP contribution in [-0.4, -0.2) is 37.2 Å². The van der Waals surface area contributed by atoms with Crippen molar-refractivity contribution in [3.63, 3.8) is 0 Å². The quantitative estimate of drug-likeness (QED) is 0.0262. The molecule has 398 valence electrons. The van der Waals surface area contributed by atoms with Crippen LogP contribution in [0, 0.1) is 0 Å². The summed E-state index contributed by atoms with van der Waals surface area (Å²) in [7, 11) is 0. The Balaban J connectivity index is 4.25. The van der Waals surface area contributed by atoms with Crippen LogP contribution in [-0.2, 0) is 28.6 Å². The van der Waals surface area contributed by atoms with E-state index in [1.807, 2.05) is 0 Å². The van der Waals surface area contributed by atoms with Crippen LogP contribution in [0.4, 0.5) is 0 Å². The molecule has 0 saturated carbocycles. The minimum atomic E-state index is -0.801. The van der Waals surface area contributed by atoms with Gasteiger partial charge in [0.15, 0.2) is 6.10 Å². The van der Waals surface area contributed by atoms with E-state index in [1.54, 1.807) is 0 Å². The van der Waals surface area contributed by atoms with Gasteiger partial charge >= 0.3 is 17.9 Å². The third kappa shape index (κ3) is 56.1. The summed E-state index contributed by atoms with van der Waals surface area (Å²) in [6, 6.07) is 0. The number of hydrogen-bond donors (Lipinski definition) is 0. The lowest BCUT2D eigenvalue weighted by Gasteiger charge is -2.18. The first-order valence-corrected chi connectivity index (χ1v) is 28.3. The van der Waals surface area contributed by atoms with Gasteiger partial charge in [-0.05, 0) is 122 Å². The third-order valence-corrected chi connectivity index (χ3v) is 11.3. The average molecular weight is 980 g/mol. The van der Waals surface area contributed by atoms with Gasteiger partial charge in [0.2, 0.25) is 0 Å². The van der Waals surface area contributed by atoms with E-state index in [1.165, 1.54) is 12.8 Å². The van der Waals surface area contributed by atoms with Gasteiger partial charge in [-0.1, -0.05) is 231 Å². The molecule has 0 aromatic carbocycles. The number of allylic oxidation sites excluding steroid dienone is 24. The fourth-order valence-corrected chi connectivity index (χ4v) is 7.15. The first-order valence-electron chi connectivity index (χ1n) is 28.3. The highest BCUT2D eigenvalue weighted by atomic mass is 16.6. The molecule has 0 fully saturated rings. The number of esters is 3. The SMILES string of the molecule is CC/C=C\C/C=C\C/C=C\C/C=C\C/C=C\C/C=C\CCCCCCCCC(=O)OCC(COC(=O)CCCCCCC)OC(=O)CCCCCC/C=C\C/C=C\C/C=C\C/C=C\C/C=C\C/C=C\CC. The van der Waals surface area contributed by atoms with E-state index in [9.17, 15) is 14.4 Å². The summed E-state index contributed by atoms with van der Waals surface area (Å²) in [4.78, 5) is 37.8. The molecule has 1 unspecified atom stereocenters. The standard InChI is InChI=1S/C65H102O6/c1-4-7-10-13-15-17-19-21-23-25-27-29-31-32-34-35-37-39-41-43-45-47-49-52-55-58-64(67)70-61-62(60-69-63(66)57-54-51-12-9-6-3)71-65(68)59-56-53-50-48-46-44-42-40-38-36-33-30-28-26-24-22-20-18-16-14-11-8-5-2/h7-8,10-11,15-18,21-24,27-30,32,34,36-39,42,44,62H,4-6,9,12-14,19-20,25-26,31,33,35,40-41,43,45-61H2,1-3H3/b10-7-,11-8-,17-15-,18-16-,23-21-,24-22-,29-27-,30-28-,34-32-,38-36-,39-37-,44-42-. The molecule has 0 N–H and O–H groups in total. The lowest BCUT2D eigenvalue weighted by molar-refractivity contribution is -0.167. The molecule has 6 heteroatoms. The zero-order valence-electron chi connectivity index (χ0n) is 45.4. The normalized spacial score (nSPS) is 13.2. The maximum atomic E-state index is 12.8. The molecule has 71 heavy (non-hydrogen) atoms. The van der Waals surface area contributed by atoms with E-state index in [0.717, 1.165) is 173 Å². The average Bonchev–Trinajstić information content (AvgIpc) is 3.37. The smallest absolute Gasteiger partial charge is 0.306 e. The molecular formula is C65H102O6. The summed E-state index contributed by atoms with van der Waals surface area (Å²) >= 11 is 0. The highest BCUT2D eigenvalue weighted by Gasteiger charge is 2.19. The van der Waals surface area contributed by atoms with E-state index in [-0.39, 0.29) is 37.5 Å². The first kappa shape index (κ1) is 66.3. The van der Waals surface area contributed by atoms with Gasteiger partial charge in [-0.3, -0.25) is 14.4 Å². The Morgan fingerprint density at radius 2 is 0.549 bits per heavy atom. The van der Waals surface area contributed by atoms with Crippen LogP contribution in [0.25, 0.3) is 0 Å². The maximum Gasteiger partial charge on any atom is 0.306 e. The predicted octanol–water partition coefficient (Wildman–Crippen LogP) is 19.2. The molecule has 0 aromatic rings. The molecule has 0 heterocycles. The van der Waals surface area contributed by atoms with Crippen molar-refractivity contribution in [3.8, 4) is 0 Å². The van der Waals surface area contributed by atoms with Gasteiger partial charge in [0, 0.05) is 19.3 Å². The maximum absolute atomic E-state index is 12.8. The van der Waals surface area contributed by atoms with Crippen LogP contribution in [0.1, 0.15) is 226 Å². The Labute approximate surface area is 436 Å². The molecule has 0 rings (SSSR count). The van der Waals surface area contributed by atoms with Gasteiger partial charge in [-0.15, -0.1) is 0 Å². The van der Waals surface area contributed by atoms with Crippen LogP contribution in [0.2, 0.25) is 0 Å². The van der Waals surface area contributed by atoms with Crippen LogP contribution in [0.3, 0.4) is 0 Å². The summed E-state index contributed by atoms with van der Waals surface area (Å²) in [6.07, 6.45) is 83.0. The van der Waals surface area contributed by atoms with Gasteiger partial charge in [0.1, 0.15) is 13.2 Å². The fraction of sp³-hybridized carbons (Fsp3) is 0.585. The zero-order chi connectivity index (χ0) is 51.4. The Hall–Kier alpha value is -4.71. The van der Waals surface area contributed by atoms with Crippen LogP contribution in [0.15, 0.2) is 146 Å². The van der Waals surface area contributed by atoms with Crippen molar-refractivity contribution in [2.75, 3.05) is 13.2 Å². The lowest BCUT2D eigenvalue weighted by Crippen LogP contribution is -2.30. The zero-order valence-corrected chi connectivity index (χ0v) is 45.4. The van der Waals surface area contributed by atoms with Crippen molar-refractivity contribution in [2.45, 2.75) is 232 Å². The van der Waals surface area contributed by atoms with Crippen LogP contribution >= 0.6 is 0 Å². The fourth-order valence-electron chi connectivity index (χ4n) is 7.15. The topological polar surface area (TPSA) is 78.9 Å². The Bertz CT molecular complexity index is 1590. The van der Waals surface area contributed by atoms with Crippen molar-refractivity contribution >= 4 is 17.9 Å². The summed E-state index contributed by atoms with van der Waals surface area (Å²) in [5.74, 6) is -0.963. The molecule has 0 aliphatic carbocycles. The summed E-state index contributed by atoms with van der Waals surface area (Å²) in [6.45, 7) is 6.27. The van der Waals surface area contributed by atoms with Crippen LogP contribution < -0.4 is 0 Å². The molecule has 6 nitrogen and oxygen atoms in total. The van der Waals surface area contributed by atoms with Gasteiger partial charge in [0.05, 0.1) is 0 Å². The predicted molar refractivity (Wildman–Crippen MR) is 306 cm³/mol. The molecule has 0 aliphatic heterocycles. The third-order valence-electron chi connectivity index (χ3n) is 11.3. The molecular weight excluding hydrogens is 877 g/mol. The van der Waals surface area contributed by atoms with Gasteiger partial charge in [-0.2, -0.15) is 0 Å². The van der Waals surface area contributed by atoms with Crippen molar-refractivity contribution in [1.82, 2.24) is 0 Å².